The number of rotatable bonds is 0. The van der Waals surface area contributed by atoms with Crippen molar-refractivity contribution >= 4 is 11.8 Å². The van der Waals surface area contributed by atoms with Crippen LogP contribution in [0.15, 0.2) is 0 Å². The van der Waals surface area contributed by atoms with Gasteiger partial charge in [0, 0.05) is 6.92 Å². The predicted molar refractivity (Wildman–Crippen MR) is 59.5 cm³/mol. The molecule has 0 aromatic carbocycles. The minimum atomic E-state index is -0.416. The zero-order valence-corrected chi connectivity index (χ0v) is 10.3. The number of carbonyl (C=O) groups excluding carboxylic acids is 1. The third-order valence-corrected chi connectivity index (χ3v) is 2.28. The van der Waals surface area contributed by atoms with E-state index in [4.69, 9.17) is 4.74 Å². The van der Waals surface area contributed by atoms with E-state index in [0.717, 1.165) is 25.3 Å². The Morgan fingerprint density at radius 3 is 2.53 bits per heavy atom. The molecule has 0 aliphatic carbocycles. The molecule has 0 saturated heterocycles. The normalized spacial score (nSPS) is 19.3. The van der Waals surface area contributed by atoms with Gasteiger partial charge in [0.05, 0.1) is 13.1 Å². The van der Waals surface area contributed by atoms with Crippen molar-refractivity contribution < 1.29 is 14.1 Å². The third kappa shape index (κ3) is 3.63. The van der Waals surface area contributed by atoms with E-state index in [2.05, 4.69) is 11.9 Å². The van der Waals surface area contributed by atoms with Gasteiger partial charge in [-0.25, -0.2) is 0 Å². The van der Waals surface area contributed by atoms with Crippen molar-refractivity contribution in [2.75, 3.05) is 26.7 Å². The lowest BCUT2D eigenvalue weighted by molar-refractivity contribution is -0.458. The summed E-state index contributed by atoms with van der Waals surface area (Å²) in [6.07, 6.45) is -0.229. The van der Waals surface area contributed by atoms with E-state index in [0.29, 0.717) is 0 Å². The molecule has 0 unspecified atom stereocenters. The van der Waals surface area contributed by atoms with E-state index in [9.17, 15) is 4.79 Å². The molecule has 4 heteroatoms. The average molecular weight is 213 g/mol. The second kappa shape index (κ2) is 4.31. The first-order chi connectivity index (χ1) is 6.79. The summed E-state index contributed by atoms with van der Waals surface area (Å²) in [4.78, 5) is 14.0. The molecular formula is C11H21N2O2+. The highest BCUT2D eigenvalue weighted by Gasteiger charge is 2.31. The van der Waals surface area contributed by atoms with Gasteiger partial charge in [-0.15, -0.1) is 4.58 Å². The molecule has 0 bridgehead atoms. The van der Waals surface area contributed by atoms with Crippen LogP contribution in [0.25, 0.3) is 0 Å². The van der Waals surface area contributed by atoms with Crippen molar-refractivity contribution in [1.29, 1.82) is 0 Å². The molecule has 1 amide bonds. The zero-order chi connectivity index (χ0) is 11.6. The molecule has 0 saturated carbocycles. The molecule has 0 aromatic heterocycles. The molecular weight excluding hydrogens is 192 g/mol. The molecule has 0 radical (unpaired) electrons. The third-order valence-electron chi connectivity index (χ3n) is 2.28. The van der Waals surface area contributed by atoms with Crippen LogP contribution in [0.5, 0.6) is 0 Å². The molecule has 15 heavy (non-hydrogen) atoms. The summed E-state index contributed by atoms with van der Waals surface area (Å²) in [7, 11) is 2.05. The summed E-state index contributed by atoms with van der Waals surface area (Å²) in [5, 5.41) is 0. The maximum atomic E-state index is 11.8. The number of ether oxygens (including phenoxy) is 1. The Morgan fingerprint density at radius 1 is 1.47 bits per heavy atom. The maximum Gasteiger partial charge on any atom is 0.596 e. The molecule has 4 nitrogen and oxygen atoms in total. The van der Waals surface area contributed by atoms with Crippen LogP contribution in [0.3, 0.4) is 0 Å². The topological polar surface area (TPSA) is 32.5 Å². The highest BCUT2D eigenvalue weighted by atomic mass is 16.6. The first-order valence-corrected chi connectivity index (χ1v) is 5.31. The molecule has 0 aromatic rings. The highest BCUT2D eigenvalue weighted by Crippen LogP contribution is 2.09. The van der Waals surface area contributed by atoms with Crippen LogP contribution >= 0.6 is 0 Å². The number of nitrogens with zero attached hydrogens (tertiary/aromatic N) is 2. The monoisotopic (exact) mass is 213 g/mol. The van der Waals surface area contributed by atoms with Gasteiger partial charge in [-0.3, -0.25) is 4.90 Å². The second-order valence-electron chi connectivity index (χ2n) is 5.11. The van der Waals surface area contributed by atoms with Crippen LogP contribution in [0.1, 0.15) is 27.7 Å². The second-order valence-corrected chi connectivity index (χ2v) is 5.11. The van der Waals surface area contributed by atoms with E-state index in [-0.39, 0.29) is 6.09 Å². The molecule has 1 heterocycles. The molecule has 0 atom stereocenters. The largest absolute Gasteiger partial charge is 0.596 e. The van der Waals surface area contributed by atoms with Crippen molar-refractivity contribution in [3.63, 3.8) is 0 Å². The highest BCUT2D eigenvalue weighted by molar-refractivity contribution is 5.83. The summed E-state index contributed by atoms with van der Waals surface area (Å²) in [5.41, 5.74) is 0.638. The van der Waals surface area contributed by atoms with Crippen LogP contribution in [-0.2, 0) is 4.74 Å². The molecule has 1 aliphatic rings. The summed E-state index contributed by atoms with van der Waals surface area (Å²) >= 11 is 0. The summed E-state index contributed by atoms with van der Waals surface area (Å²) in [6, 6.07) is 0. The number of hydrogen-bond acceptors (Lipinski definition) is 3. The molecule has 1 rings (SSSR count). The molecule has 0 fully saturated rings. The first-order valence-electron chi connectivity index (χ1n) is 5.31. The van der Waals surface area contributed by atoms with Crippen LogP contribution < -0.4 is 0 Å². The van der Waals surface area contributed by atoms with Gasteiger partial charge >= 0.3 is 6.09 Å². The number of carbonyl (C=O) groups is 1. The lowest BCUT2D eigenvalue weighted by atomic mass is 10.2. The minimum Gasteiger partial charge on any atom is -0.406 e. The molecule has 86 valence electrons. The van der Waals surface area contributed by atoms with Crippen molar-refractivity contribution in [3.8, 4) is 0 Å². The number of hydrogen-bond donors (Lipinski definition) is 0. The molecule has 0 N–H and O–H groups in total. The van der Waals surface area contributed by atoms with E-state index < -0.39 is 5.60 Å². The Morgan fingerprint density at radius 2 is 2.07 bits per heavy atom. The van der Waals surface area contributed by atoms with Gasteiger partial charge in [0.1, 0.15) is 5.60 Å². The molecule has 1 aliphatic heterocycles. The van der Waals surface area contributed by atoms with Gasteiger partial charge in [0.2, 0.25) is 0 Å². The van der Waals surface area contributed by atoms with Gasteiger partial charge in [0.25, 0.3) is 0 Å². The standard InChI is InChI=1S/C11H21N2O2/c1-9-8-12(5)6-7-13(9)10(14)15-11(2,3)4/h6-8H2,1-5H3/q+1. The Labute approximate surface area is 91.5 Å². The Kier molecular flexibility index (Phi) is 3.50. The minimum absolute atomic E-state index is 0.229. The van der Waals surface area contributed by atoms with Crippen LogP contribution in [0.4, 0.5) is 4.79 Å². The summed E-state index contributed by atoms with van der Waals surface area (Å²) < 4.78 is 7.06. The van der Waals surface area contributed by atoms with Crippen molar-refractivity contribution in [1.82, 2.24) is 4.90 Å². The fourth-order valence-corrected chi connectivity index (χ4v) is 1.58. The summed E-state index contributed by atoms with van der Waals surface area (Å²) in [6.45, 7) is 10.1. The van der Waals surface area contributed by atoms with Crippen molar-refractivity contribution in [2.24, 2.45) is 0 Å². The smallest absolute Gasteiger partial charge is 0.406 e. The van der Waals surface area contributed by atoms with Crippen molar-refractivity contribution in [2.45, 2.75) is 33.3 Å². The summed E-state index contributed by atoms with van der Waals surface area (Å²) in [5.74, 6) is 0. The van der Waals surface area contributed by atoms with Crippen LogP contribution in [0, 0.1) is 0 Å². The quantitative estimate of drug-likeness (QED) is 0.569. The van der Waals surface area contributed by atoms with Gasteiger partial charge in [0.15, 0.2) is 12.3 Å². The Balaban J connectivity index is 2.72. The molecule has 0 spiro atoms. The van der Waals surface area contributed by atoms with E-state index >= 15 is 0 Å². The van der Waals surface area contributed by atoms with E-state index in [1.807, 2.05) is 27.7 Å². The van der Waals surface area contributed by atoms with Gasteiger partial charge in [-0.2, -0.15) is 4.79 Å². The maximum absolute atomic E-state index is 11.8. The lowest BCUT2D eigenvalue weighted by Gasteiger charge is -2.22. The van der Waals surface area contributed by atoms with Gasteiger partial charge < -0.3 is 4.74 Å². The fourth-order valence-electron chi connectivity index (χ4n) is 1.58. The number of likely N-dealkylation sites (N-methyl/N-ethyl adjacent to an activating group) is 1. The van der Waals surface area contributed by atoms with E-state index in [1.165, 1.54) is 0 Å². The van der Waals surface area contributed by atoms with Crippen molar-refractivity contribution in [3.05, 3.63) is 0 Å². The van der Waals surface area contributed by atoms with Crippen LogP contribution in [-0.4, -0.2) is 53.6 Å². The lowest BCUT2D eigenvalue weighted by Crippen LogP contribution is -2.45. The van der Waals surface area contributed by atoms with Gasteiger partial charge in [-0.1, -0.05) is 0 Å². The van der Waals surface area contributed by atoms with Crippen LogP contribution in [0.2, 0.25) is 0 Å². The zero-order valence-electron chi connectivity index (χ0n) is 10.3. The average Bonchev–Trinajstić information content (AvgIpc) is 1.99. The fraction of sp³-hybridized carbons (Fsp3) is 0.818. The number of amides is 1. The SMILES string of the molecule is CC1=[N+](C(=O)OC(C)(C)C)CCN(C)C1. The predicted octanol–water partition coefficient (Wildman–Crippen LogP) is 1.34. The Bertz CT molecular complexity index is 289. The van der Waals surface area contributed by atoms with E-state index in [1.54, 1.807) is 4.58 Å². The van der Waals surface area contributed by atoms with Gasteiger partial charge in [-0.05, 0) is 27.8 Å². The first kappa shape index (κ1) is 12.2. The Hall–Kier alpha value is -0.900.